The quantitative estimate of drug-likeness (QED) is 0.604. The van der Waals surface area contributed by atoms with Crippen LogP contribution in [0.2, 0.25) is 0 Å². The van der Waals surface area contributed by atoms with Crippen molar-refractivity contribution >= 4 is 11.6 Å². The maximum absolute atomic E-state index is 12.0. The largest absolute Gasteiger partial charge is 0.573 e. The highest BCUT2D eigenvalue weighted by molar-refractivity contribution is 6.20. The Balaban J connectivity index is 2.32. The van der Waals surface area contributed by atoms with E-state index in [2.05, 4.69) is 10.1 Å². The van der Waals surface area contributed by atoms with Gasteiger partial charge in [-0.25, -0.2) is 0 Å². The number of hydrogen-bond acceptors (Lipinski definition) is 2. The smallest absolute Gasteiger partial charge is 0.406 e. The third-order valence-corrected chi connectivity index (χ3v) is 3.09. The minimum atomic E-state index is -4.64. The van der Waals surface area contributed by atoms with Gasteiger partial charge in [-0.3, -0.25) is 0 Å². The second-order valence-corrected chi connectivity index (χ2v) is 4.78. The summed E-state index contributed by atoms with van der Waals surface area (Å²) in [7, 11) is 0. The third-order valence-electron chi connectivity index (χ3n) is 2.56. The topological polar surface area (TPSA) is 21.3 Å². The van der Waals surface area contributed by atoms with Gasteiger partial charge < -0.3 is 10.1 Å². The van der Waals surface area contributed by atoms with Crippen LogP contribution in [0.1, 0.15) is 25.3 Å². The molecule has 0 spiro atoms. The van der Waals surface area contributed by atoms with Crippen LogP contribution in [0.4, 0.5) is 13.2 Å². The summed E-state index contributed by atoms with van der Waals surface area (Å²) in [5, 5.41) is 3.35. The van der Waals surface area contributed by atoms with Gasteiger partial charge in [0.2, 0.25) is 0 Å². The lowest BCUT2D eigenvalue weighted by molar-refractivity contribution is -0.274. The number of ether oxygens (including phenoxy) is 1. The Bertz CT molecular complexity index is 367. The molecule has 1 aromatic rings. The molecule has 0 aliphatic heterocycles. The fraction of sp³-hybridized carbons (Fsp3) is 0.538. The van der Waals surface area contributed by atoms with Gasteiger partial charge in [0.05, 0.1) is 0 Å². The van der Waals surface area contributed by atoms with Crippen LogP contribution in [0.25, 0.3) is 0 Å². The van der Waals surface area contributed by atoms with Gasteiger partial charge in [0.15, 0.2) is 0 Å². The lowest BCUT2D eigenvalue weighted by Crippen LogP contribution is -2.18. The predicted molar refractivity (Wildman–Crippen MR) is 69.4 cm³/mol. The molecule has 108 valence electrons. The molecule has 0 radical (unpaired) electrons. The molecule has 0 aliphatic carbocycles. The maximum atomic E-state index is 12.0. The fourth-order valence-corrected chi connectivity index (χ4v) is 1.61. The van der Waals surface area contributed by atoms with E-state index in [1.54, 1.807) is 12.1 Å². The SMILES string of the molecule is CCC(Cl)CCNCc1ccc(OC(F)(F)F)cc1. The van der Waals surface area contributed by atoms with E-state index in [4.69, 9.17) is 11.6 Å². The van der Waals surface area contributed by atoms with Crippen LogP contribution in [0.15, 0.2) is 24.3 Å². The molecule has 19 heavy (non-hydrogen) atoms. The Morgan fingerprint density at radius 2 is 1.89 bits per heavy atom. The van der Waals surface area contributed by atoms with Crippen molar-refractivity contribution in [3.05, 3.63) is 29.8 Å². The molecule has 1 rings (SSSR count). The van der Waals surface area contributed by atoms with Crippen molar-refractivity contribution in [3.63, 3.8) is 0 Å². The second kappa shape index (κ2) is 7.60. The van der Waals surface area contributed by atoms with Crippen molar-refractivity contribution in [1.29, 1.82) is 0 Å². The molecule has 1 N–H and O–H groups in total. The first-order valence-corrected chi connectivity index (χ1v) is 6.54. The van der Waals surface area contributed by atoms with Crippen LogP contribution in [0.3, 0.4) is 0 Å². The van der Waals surface area contributed by atoms with Crippen LogP contribution in [-0.4, -0.2) is 18.3 Å². The molecule has 0 bridgehead atoms. The van der Waals surface area contributed by atoms with Crippen molar-refractivity contribution in [3.8, 4) is 5.75 Å². The average Bonchev–Trinajstić information content (AvgIpc) is 2.34. The summed E-state index contributed by atoms with van der Waals surface area (Å²) in [6.45, 7) is 3.40. The van der Waals surface area contributed by atoms with Gasteiger partial charge in [-0.15, -0.1) is 24.8 Å². The molecule has 0 heterocycles. The zero-order chi connectivity index (χ0) is 14.3. The lowest BCUT2D eigenvalue weighted by Gasteiger charge is -2.10. The number of halogens is 4. The van der Waals surface area contributed by atoms with E-state index in [-0.39, 0.29) is 11.1 Å². The number of rotatable bonds is 7. The molecule has 0 fully saturated rings. The molecule has 0 aliphatic rings. The van der Waals surface area contributed by atoms with E-state index in [0.717, 1.165) is 24.9 Å². The molecular formula is C13H17ClF3NO. The third kappa shape index (κ3) is 7.28. The van der Waals surface area contributed by atoms with E-state index in [1.807, 2.05) is 6.92 Å². The highest BCUT2D eigenvalue weighted by Crippen LogP contribution is 2.22. The molecule has 1 atom stereocenters. The summed E-state index contributed by atoms with van der Waals surface area (Å²) >= 11 is 5.97. The summed E-state index contributed by atoms with van der Waals surface area (Å²) < 4.78 is 39.6. The first-order chi connectivity index (χ1) is 8.90. The van der Waals surface area contributed by atoms with Crippen LogP contribution in [0.5, 0.6) is 5.75 Å². The second-order valence-electron chi connectivity index (χ2n) is 4.16. The summed E-state index contributed by atoms with van der Waals surface area (Å²) in [5.74, 6) is -0.206. The number of hydrogen-bond donors (Lipinski definition) is 1. The number of nitrogens with one attached hydrogen (secondary N) is 1. The zero-order valence-corrected chi connectivity index (χ0v) is 11.4. The fourth-order valence-electron chi connectivity index (χ4n) is 1.50. The molecule has 1 aromatic carbocycles. The Kier molecular flexibility index (Phi) is 6.45. The summed E-state index contributed by atoms with van der Waals surface area (Å²) in [6.07, 6.45) is -2.85. The Labute approximate surface area is 115 Å². The van der Waals surface area contributed by atoms with Gasteiger partial charge in [-0.1, -0.05) is 19.1 Å². The molecule has 1 unspecified atom stereocenters. The Morgan fingerprint density at radius 1 is 1.26 bits per heavy atom. The minimum Gasteiger partial charge on any atom is -0.406 e. The first kappa shape index (κ1) is 16.1. The highest BCUT2D eigenvalue weighted by Gasteiger charge is 2.30. The Morgan fingerprint density at radius 3 is 2.42 bits per heavy atom. The standard InChI is InChI=1S/C13H17ClF3NO/c1-2-11(14)7-8-18-9-10-3-5-12(6-4-10)19-13(15,16)17/h3-6,11,18H,2,7-9H2,1H3. The number of benzene rings is 1. The molecular weight excluding hydrogens is 279 g/mol. The number of alkyl halides is 4. The van der Waals surface area contributed by atoms with Gasteiger partial charge >= 0.3 is 6.36 Å². The van der Waals surface area contributed by atoms with E-state index in [9.17, 15) is 13.2 Å². The average molecular weight is 296 g/mol. The van der Waals surface area contributed by atoms with Crippen molar-refractivity contribution < 1.29 is 17.9 Å². The molecule has 2 nitrogen and oxygen atoms in total. The van der Waals surface area contributed by atoms with E-state index in [1.165, 1.54) is 12.1 Å². The van der Waals surface area contributed by atoms with Gasteiger partial charge in [0.1, 0.15) is 5.75 Å². The van der Waals surface area contributed by atoms with Crippen molar-refractivity contribution in [2.75, 3.05) is 6.54 Å². The van der Waals surface area contributed by atoms with Gasteiger partial charge in [-0.05, 0) is 37.1 Å². The first-order valence-electron chi connectivity index (χ1n) is 6.10. The van der Waals surface area contributed by atoms with E-state index < -0.39 is 6.36 Å². The molecule has 0 aromatic heterocycles. The van der Waals surface area contributed by atoms with Gasteiger partial charge in [0.25, 0.3) is 0 Å². The summed E-state index contributed by atoms with van der Waals surface area (Å²) in [4.78, 5) is 0. The monoisotopic (exact) mass is 295 g/mol. The maximum Gasteiger partial charge on any atom is 0.573 e. The normalized spacial score (nSPS) is 13.3. The van der Waals surface area contributed by atoms with Crippen LogP contribution < -0.4 is 10.1 Å². The van der Waals surface area contributed by atoms with Gasteiger partial charge in [0, 0.05) is 11.9 Å². The summed E-state index contributed by atoms with van der Waals surface area (Å²) in [6, 6.07) is 5.82. The lowest BCUT2D eigenvalue weighted by atomic mass is 10.2. The molecule has 0 saturated heterocycles. The van der Waals surface area contributed by atoms with Crippen molar-refractivity contribution in [2.24, 2.45) is 0 Å². The van der Waals surface area contributed by atoms with Crippen molar-refractivity contribution in [2.45, 2.75) is 38.0 Å². The molecule has 0 saturated carbocycles. The highest BCUT2D eigenvalue weighted by atomic mass is 35.5. The van der Waals surface area contributed by atoms with Crippen LogP contribution in [-0.2, 0) is 6.54 Å². The summed E-state index contributed by atoms with van der Waals surface area (Å²) in [5.41, 5.74) is 0.900. The van der Waals surface area contributed by atoms with E-state index in [0.29, 0.717) is 6.54 Å². The molecule has 6 heteroatoms. The Hall–Kier alpha value is -0.940. The molecule has 0 amide bonds. The van der Waals surface area contributed by atoms with Gasteiger partial charge in [-0.2, -0.15) is 0 Å². The van der Waals surface area contributed by atoms with E-state index >= 15 is 0 Å². The predicted octanol–water partition coefficient (Wildman–Crippen LogP) is 4.08. The van der Waals surface area contributed by atoms with Crippen LogP contribution in [0, 0.1) is 0 Å². The van der Waals surface area contributed by atoms with Crippen molar-refractivity contribution in [1.82, 2.24) is 5.32 Å². The zero-order valence-electron chi connectivity index (χ0n) is 10.6. The van der Waals surface area contributed by atoms with Crippen LogP contribution >= 0.6 is 11.6 Å². The minimum absolute atomic E-state index is 0.162.